The number of fused-ring (bicyclic) bond motifs is 1. The Bertz CT molecular complexity index is 1020. The van der Waals surface area contributed by atoms with Gasteiger partial charge in [-0.1, -0.05) is 31.2 Å². The SMILES string of the molecule is CCc1ccc(CN2CCC3(C2)Cn2c(nn(CC4CC4)c(=O)c2=O)CO3)cc1. The van der Waals surface area contributed by atoms with Gasteiger partial charge in [-0.2, -0.15) is 5.10 Å². The molecule has 2 aliphatic heterocycles. The molecule has 1 unspecified atom stereocenters. The Morgan fingerprint density at radius 1 is 1.10 bits per heavy atom. The molecule has 29 heavy (non-hydrogen) atoms. The van der Waals surface area contributed by atoms with Crippen molar-refractivity contribution in [1.29, 1.82) is 0 Å². The number of aryl methyl sites for hydroxylation is 1. The van der Waals surface area contributed by atoms with Gasteiger partial charge in [-0.05, 0) is 42.7 Å². The molecule has 1 saturated carbocycles. The molecule has 1 atom stereocenters. The molecule has 1 aromatic carbocycles. The molecular weight excluding hydrogens is 368 g/mol. The minimum absolute atomic E-state index is 0.291. The number of hydrogen-bond acceptors (Lipinski definition) is 5. The minimum atomic E-state index is -0.497. The Kier molecular flexibility index (Phi) is 4.67. The maximum Gasteiger partial charge on any atom is 0.332 e. The standard InChI is InChI=1S/C22H28N4O3/c1-2-16-3-5-17(6-4-16)11-24-10-9-22(14-24)15-25-19(13-29-22)23-26(12-18-7-8-18)21(28)20(25)27/h3-6,18H,2,7-15H2,1H3. The van der Waals surface area contributed by atoms with Crippen LogP contribution in [0.1, 0.15) is 43.1 Å². The van der Waals surface area contributed by atoms with Crippen molar-refractivity contribution in [3.05, 3.63) is 61.9 Å². The van der Waals surface area contributed by atoms with E-state index < -0.39 is 16.7 Å². The quantitative estimate of drug-likeness (QED) is 0.718. The first-order valence-electron chi connectivity index (χ1n) is 10.7. The lowest BCUT2D eigenvalue weighted by Gasteiger charge is -2.35. The van der Waals surface area contributed by atoms with Gasteiger partial charge < -0.3 is 4.74 Å². The predicted octanol–water partition coefficient (Wildman–Crippen LogP) is 1.55. The minimum Gasteiger partial charge on any atom is -0.364 e. The van der Waals surface area contributed by atoms with Crippen LogP contribution in [0.3, 0.4) is 0 Å². The zero-order valence-corrected chi connectivity index (χ0v) is 17.0. The second-order valence-corrected chi connectivity index (χ2v) is 8.84. The molecule has 0 radical (unpaired) electrons. The van der Waals surface area contributed by atoms with E-state index in [0.29, 0.717) is 31.4 Å². The molecule has 0 amide bonds. The molecule has 1 saturated heterocycles. The van der Waals surface area contributed by atoms with Gasteiger partial charge in [-0.3, -0.25) is 19.1 Å². The number of nitrogens with zero attached hydrogens (tertiary/aromatic N) is 4. The van der Waals surface area contributed by atoms with E-state index in [9.17, 15) is 9.59 Å². The molecule has 3 heterocycles. The summed E-state index contributed by atoms with van der Waals surface area (Å²) in [5.41, 5.74) is 1.28. The summed E-state index contributed by atoms with van der Waals surface area (Å²) in [7, 11) is 0. The van der Waals surface area contributed by atoms with E-state index in [0.717, 1.165) is 45.3 Å². The van der Waals surface area contributed by atoms with Crippen molar-refractivity contribution >= 4 is 0 Å². The molecule has 5 rings (SSSR count). The largest absolute Gasteiger partial charge is 0.364 e. The molecule has 1 aromatic heterocycles. The molecule has 154 valence electrons. The van der Waals surface area contributed by atoms with E-state index >= 15 is 0 Å². The molecule has 2 fully saturated rings. The van der Waals surface area contributed by atoms with E-state index in [1.165, 1.54) is 15.8 Å². The molecule has 7 heteroatoms. The van der Waals surface area contributed by atoms with E-state index in [1.807, 2.05) is 0 Å². The summed E-state index contributed by atoms with van der Waals surface area (Å²) in [5, 5.41) is 4.44. The highest BCUT2D eigenvalue weighted by Crippen LogP contribution is 2.32. The van der Waals surface area contributed by atoms with Crippen molar-refractivity contribution in [1.82, 2.24) is 19.2 Å². The van der Waals surface area contributed by atoms with Gasteiger partial charge >= 0.3 is 11.1 Å². The normalized spacial score (nSPS) is 24.2. The van der Waals surface area contributed by atoms with Crippen LogP contribution >= 0.6 is 0 Å². The zero-order chi connectivity index (χ0) is 20.0. The maximum atomic E-state index is 12.7. The fourth-order valence-corrected chi connectivity index (χ4v) is 4.52. The van der Waals surface area contributed by atoms with Crippen LogP contribution in [0.4, 0.5) is 0 Å². The van der Waals surface area contributed by atoms with Gasteiger partial charge in [0.25, 0.3) is 0 Å². The van der Waals surface area contributed by atoms with Crippen LogP contribution in [0.2, 0.25) is 0 Å². The Hall–Kier alpha value is -2.25. The maximum absolute atomic E-state index is 12.7. The average Bonchev–Trinajstić information content (AvgIpc) is 3.48. The lowest BCUT2D eigenvalue weighted by molar-refractivity contribution is -0.0859. The van der Waals surface area contributed by atoms with Crippen LogP contribution in [0.15, 0.2) is 33.9 Å². The summed E-state index contributed by atoms with van der Waals surface area (Å²) >= 11 is 0. The predicted molar refractivity (Wildman–Crippen MR) is 109 cm³/mol. The molecule has 0 N–H and O–H groups in total. The van der Waals surface area contributed by atoms with Crippen molar-refractivity contribution in [2.75, 3.05) is 13.1 Å². The summed E-state index contributed by atoms with van der Waals surface area (Å²) in [4.78, 5) is 27.6. The van der Waals surface area contributed by atoms with Crippen molar-refractivity contribution in [3.8, 4) is 0 Å². The molecule has 1 spiro atoms. The first-order valence-corrected chi connectivity index (χ1v) is 10.7. The van der Waals surface area contributed by atoms with E-state index in [4.69, 9.17) is 4.74 Å². The average molecular weight is 396 g/mol. The van der Waals surface area contributed by atoms with Crippen molar-refractivity contribution in [3.63, 3.8) is 0 Å². The molecular formula is C22H28N4O3. The van der Waals surface area contributed by atoms with Gasteiger partial charge in [-0.25, -0.2) is 4.68 Å². The highest BCUT2D eigenvalue weighted by Gasteiger charge is 2.43. The smallest absolute Gasteiger partial charge is 0.332 e. The number of hydrogen-bond donors (Lipinski definition) is 0. The van der Waals surface area contributed by atoms with Gasteiger partial charge in [-0.15, -0.1) is 0 Å². The Morgan fingerprint density at radius 2 is 1.86 bits per heavy atom. The van der Waals surface area contributed by atoms with E-state index in [1.54, 1.807) is 4.57 Å². The number of likely N-dealkylation sites (tertiary alicyclic amines) is 1. The van der Waals surface area contributed by atoms with Crippen LogP contribution in [0, 0.1) is 5.92 Å². The first kappa shape index (κ1) is 18.8. The molecule has 3 aliphatic rings. The summed E-state index contributed by atoms with van der Waals surface area (Å²) in [6, 6.07) is 8.76. The summed E-state index contributed by atoms with van der Waals surface area (Å²) in [6.07, 6.45) is 4.13. The summed E-state index contributed by atoms with van der Waals surface area (Å²) < 4.78 is 9.17. The van der Waals surface area contributed by atoms with E-state index in [-0.39, 0.29) is 0 Å². The number of aromatic nitrogens is 3. The number of benzene rings is 1. The molecule has 0 bridgehead atoms. The second kappa shape index (κ2) is 7.22. The third-order valence-corrected chi connectivity index (χ3v) is 6.52. The zero-order valence-electron chi connectivity index (χ0n) is 17.0. The van der Waals surface area contributed by atoms with E-state index in [2.05, 4.69) is 41.2 Å². The summed E-state index contributed by atoms with van der Waals surface area (Å²) in [5.74, 6) is 1.07. The van der Waals surface area contributed by atoms with Crippen molar-refractivity contribution < 1.29 is 4.74 Å². The van der Waals surface area contributed by atoms with Gasteiger partial charge in [0.05, 0.1) is 6.54 Å². The highest BCUT2D eigenvalue weighted by molar-refractivity contribution is 5.22. The van der Waals surface area contributed by atoms with Crippen molar-refractivity contribution in [2.24, 2.45) is 5.92 Å². The lowest BCUT2D eigenvalue weighted by Crippen LogP contribution is -2.53. The first-order chi connectivity index (χ1) is 14.0. The number of rotatable bonds is 5. The Morgan fingerprint density at radius 3 is 2.59 bits per heavy atom. The second-order valence-electron chi connectivity index (χ2n) is 8.84. The molecule has 2 aromatic rings. The summed E-state index contributed by atoms with van der Waals surface area (Å²) in [6.45, 7) is 5.98. The van der Waals surface area contributed by atoms with Crippen LogP contribution < -0.4 is 11.1 Å². The van der Waals surface area contributed by atoms with Gasteiger partial charge in [0, 0.05) is 26.2 Å². The van der Waals surface area contributed by atoms with Crippen LogP contribution in [-0.4, -0.2) is 37.9 Å². The highest BCUT2D eigenvalue weighted by atomic mass is 16.5. The monoisotopic (exact) mass is 396 g/mol. The third-order valence-electron chi connectivity index (χ3n) is 6.52. The third kappa shape index (κ3) is 3.69. The van der Waals surface area contributed by atoms with Gasteiger partial charge in [0.1, 0.15) is 12.2 Å². The lowest BCUT2D eigenvalue weighted by atomic mass is 10.0. The van der Waals surface area contributed by atoms with Gasteiger partial charge in [0.15, 0.2) is 5.82 Å². The van der Waals surface area contributed by atoms with Crippen LogP contribution in [0.25, 0.3) is 0 Å². The number of ether oxygens (including phenoxy) is 1. The van der Waals surface area contributed by atoms with Gasteiger partial charge in [0.2, 0.25) is 0 Å². The Labute approximate surface area is 169 Å². The van der Waals surface area contributed by atoms with Crippen molar-refractivity contribution in [2.45, 2.75) is 64.4 Å². The Balaban J connectivity index is 1.31. The topological polar surface area (TPSA) is 69.4 Å². The fourth-order valence-electron chi connectivity index (χ4n) is 4.52. The molecule has 7 nitrogen and oxygen atoms in total. The molecule has 1 aliphatic carbocycles. The van der Waals surface area contributed by atoms with Crippen LogP contribution in [0.5, 0.6) is 0 Å². The van der Waals surface area contributed by atoms with Crippen LogP contribution in [-0.2, 0) is 37.4 Å². The fraction of sp³-hybridized carbons (Fsp3) is 0.591.